The van der Waals surface area contributed by atoms with E-state index in [0.717, 1.165) is 13.3 Å². The molecule has 4 nitrogen and oxygen atoms in total. The second-order valence-corrected chi connectivity index (χ2v) is 4.05. The van der Waals surface area contributed by atoms with Crippen molar-refractivity contribution in [3.63, 3.8) is 0 Å². The molecule has 1 heterocycles. The SMILES string of the molecule is COC(=O)c1c(C)cnc(OC(F)(F)F)c1I. The van der Waals surface area contributed by atoms with E-state index < -0.39 is 18.2 Å². The summed E-state index contributed by atoms with van der Waals surface area (Å²) in [5.41, 5.74) is 0.429. The van der Waals surface area contributed by atoms with Gasteiger partial charge in [0.1, 0.15) is 0 Å². The van der Waals surface area contributed by atoms with Crippen molar-refractivity contribution < 1.29 is 27.4 Å². The van der Waals surface area contributed by atoms with Gasteiger partial charge in [-0.2, -0.15) is 0 Å². The Bertz CT molecular complexity index is 448. The fraction of sp³-hybridized carbons (Fsp3) is 0.333. The lowest BCUT2D eigenvalue weighted by molar-refractivity contribution is -0.276. The molecule has 0 fully saturated rings. The summed E-state index contributed by atoms with van der Waals surface area (Å²) in [6, 6.07) is 0. The van der Waals surface area contributed by atoms with Crippen LogP contribution in [0.3, 0.4) is 0 Å². The van der Waals surface area contributed by atoms with Crippen LogP contribution in [0, 0.1) is 10.5 Å². The van der Waals surface area contributed by atoms with Crippen molar-refractivity contribution in [3.05, 3.63) is 20.9 Å². The van der Waals surface area contributed by atoms with Crippen LogP contribution in [0.15, 0.2) is 6.20 Å². The molecule has 0 saturated carbocycles. The molecule has 0 aromatic carbocycles. The molecule has 0 aliphatic heterocycles. The fourth-order valence-corrected chi connectivity index (χ4v) is 1.99. The molecule has 1 rings (SSSR count). The first kappa shape index (κ1) is 14.0. The van der Waals surface area contributed by atoms with E-state index in [1.54, 1.807) is 29.5 Å². The maximum Gasteiger partial charge on any atom is 0.574 e. The van der Waals surface area contributed by atoms with Crippen LogP contribution < -0.4 is 4.74 Å². The van der Waals surface area contributed by atoms with E-state index in [9.17, 15) is 18.0 Å². The maximum absolute atomic E-state index is 12.1. The van der Waals surface area contributed by atoms with Crippen LogP contribution >= 0.6 is 22.6 Å². The van der Waals surface area contributed by atoms with E-state index >= 15 is 0 Å². The second kappa shape index (κ2) is 5.07. The van der Waals surface area contributed by atoms with Gasteiger partial charge in [-0.15, -0.1) is 13.2 Å². The predicted molar refractivity (Wildman–Crippen MR) is 59.7 cm³/mol. The summed E-state index contributed by atoms with van der Waals surface area (Å²) < 4.78 is 44.3. The molecule has 0 unspecified atom stereocenters. The van der Waals surface area contributed by atoms with Gasteiger partial charge in [-0.25, -0.2) is 9.78 Å². The molecule has 1 aromatic heterocycles. The van der Waals surface area contributed by atoms with E-state index in [0.29, 0.717) is 5.56 Å². The number of aryl methyl sites for hydroxylation is 1. The Labute approximate surface area is 108 Å². The van der Waals surface area contributed by atoms with Gasteiger partial charge in [-0.1, -0.05) is 0 Å². The van der Waals surface area contributed by atoms with Gasteiger partial charge in [0, 0.05) is 6.20 Å². The van der Waals surface area contributed by atoms with Crippen molar-refractivity contribution >= 4 is 28.6 Å². The zero-order valence-electron chi connectivity index (χ0n) is 8.76. The van der Waals surface area contributed by atoms with Gasteiger partial charge >= 0.3 is 12.3 Å². The predicted octanol–water partition coefficient (Wildman–Crippen LogP) is 2.68. The normalized spacial score (nSPS) is 11.2. The lowest BCUT2D eigenvalue weighted by Crippen LogP contribution is -2.20. The minimum absolute atomic E-state index is 0.0161. The van der Waals surface area contributed by atoms with Gasteiger partial charge < -0.3 is 9.47 Å². The smallest absolute Gasteiger partial charge is 0.465 e. The number of esters is 1. The summed E-state index contributed by atoms with van der Waals surface area (Å²) in [6.07, 6.45) is -3.73. The van der Waals surface area contributed by atoms with E-state index in [4.69, 9.17) is 0 Å². The zero-order chi connectivity index (χ0) is 13.2. The number of pyridine rings is 1. The molecule has 0 aliphatic carbocycles. The van der Waals surface area contributed by atoms with Crippen LogP contribution in [0.4, 0.5) is 13.2 Å². The largest absolute Gasteiger partial charge is 0.574 e. The number of nitrogens with zero attached hydrogens (tertiary/aromatic N) is 1. The standard InChI is InChI=1S/C9H7F3INO3/c1-4-3-14-7(17-9(10,11)12)6(13)5(4)8(15)16-2/h3H,1-2H3. The molecule has 0 saturated heterocycles. The van der Waals surface area contributed by atoms with Crippen LogP contribution in [0.25, 0.3) is 0 Å². The number of ether oxygens (including phenoxy) is 2. The van der Waals surface area contributed by atoms with Gasteiger partial charge in [-0.3, -0.25) is 0 Å². The number of hydrogen-bond donors (Lipinski definition) is 0. The number of rotatable bonds is 2. The van der Waals surface area contributed by atoms with Crippen LogP contribution in [0.5, 0.6) is 5.88 Å². The molecule has 0 radical (unpaired) electrons. The van der Waals surface area contributed by atoms with Gasteiger partial charge in [0.2, 0.25) is 5.88 Å². The van der Waals surface area contributed by atoms with E-state index in [2.05, 4.69) is 14.5 Å². The number of carbonyl (C=O) groups excluding carboxylic acids is 1. The minimum Gasteiger partial charge on any atom is -0.465 e. The first-order chi connectivity index (χ1) is 7.76. The monoisotopic (exact) mass is 361 g/mol. The second-order valence-electron chi connectivity index (χ2n) is 2.97. The summed E-state index contributed by atoms with van der Waals surface area (Å²) in [6.45, 7) is 1.54. The molecule has 0 amide bonds. The Morgan fingerprint density at radius 2 is 2.06 bits per heavy atom. The van der Waals surface area contributed by atoms with Crippen molar-refractivity contribution in [3.8, 4) is 5.88 Å². The quantitative estimate of drug-likeness (QED) is 0.601. The van der Waals surface area contributed by atoms with E-state index in [1.165, 1.54) is 0 Å². The Kier molecular flexibility index (Phi) is 4.17. The van der Waals surface area contributed by atoms with Crippen LogP contribution in [-0.2, 0) is 4.74 Å². The minimum atomic E-state index is -4.85. The third kappa shape index (κ3) is 3.45. The van der Waals surface area contributed by atoms with Gasteiger partial charge in [0.05, 0.1) is 16.2 Å². The van der Waals surface area contributed by atoms with Gasteiger partial charge in [0.15, 0.2) is 0 Å². The number of alkyl halides is 3. The lowest BCUT2D eigenvalue weighted by atomic mass is 10.1. The zero-order valence-corrected chi connectivity index (χ0v) is 10.9. The van der Waals surface area contributed by atoms with Crippen molar-refractivity contribution in [2.75, 3.05) is 7.11 Å². The Morgan fingerprint density at radius 1 is 1.47 bits per heavy atom. The Hall–Kier alpha value is -1.06. The molecule has 0 aliphatic rings. The highest BCUT2D eigenvalue weighted by molar-refractivity contribution is 14.1. The molecule has 17 heavy (non-hydrogen) atoms. The number of aromatic nitrogens is 1. The van der Waals surface area contributed by atoms with Crippen molar-refractivity contribution in [2.24, 2.45) is 0 Å². The summed E-state index contributed by atoms with van der Waals surface area (Å²) in [5.74, 6) is -1.40. The first-order valence-electron chi connectivity index (χ1n) is 4.25. The number of methoxy groups -OCH3 is 1. The van der Waals surface area contributed by atoms with Crippen LogP contribution in [-0.4, -0.2) is 24.4 Å². The molecular formula is C9H7F3INO3. The van der Waals surface area contributed by atoms with E-state index in [1.807, 2.05) is 0 Å². The highest BCUT2D eigenvalue weighted by Crippen LogP contribution is 2.29. The third-order valence-electron chi connectivity index (χ3n) is 1.78. The van der Waals surface area contributed by atoms with Gasteiger partial charge in [0.25, 0.3) is 0 Å². The molecule has 0 spiro atoms. The lowest BCUT2D eigenvalue weighted by Gasteiger charge is -2.12. The number of hydrogen-bond acceptors (Lipinski definition) is 4. The molecule has 8 heteroatoms. The van der Waals surface area contributed by atoms with Crippen LogP contribution in [0.2, 0.25) is 0 Å². The summed E-state index contributed by atoms with van der Waals surface area (Å²) >= 11 is 1.56. The molecule has 1 aromatic rings. The average molecular weight is 361 g/mol. The van der Waals surface area contributed by atoms with Crippen LogP contribution in [0.1, 0.15) is 15.9 Å². The summed E-state index contributed by atoms with van der Waals surface area (Å²) in [7, 11) is 1.14. The third-order valence-corrected chi connectivity index (χ3v) is 2.78. The summed E-state index contributed by atoms with van der Waals surface area (Å²) in [5, 5.41) is 0. The average Bonchev–Trinajstić information content (AvgIpc) is 2.20. The van der Waals surface area contributed by atoms with Crippen molar-refractivity contribution in [2.45, 2.75) is 13.3 Å². The molecule has 0 bridgehead atoms. The molecule has 0 N–H and O–H groups in total. The van der Waals surface area contributed by atoms with E-state index in [-0.39, 0.29) is 9.13 Å². The Morgan fingerprint density at radius 3 is 2.53 bits per heavy atom. The first-order valence-corrected chi connectivity index (χ1v) is 5.33. The highest BCUT2D eigenvalue weighted by atomic mass is 127. The molecule has 94 valence electrons. The molecule has 0 atom stereocenters. The Balaban J connectivity index is 3.24. The van der Waals surface area contributed by atoms with Crippen molar-refractivity contribution in [1.82, 2.24) is 4.98 Å². The number of carbonyl (C=O) groups is 1. The fourth-order valence-electron chi connectivity index (χ4n) is 1.09. The molecular weight excluding hydrogens is 354 g/mol. The number of halogens is 4. The van der Waals surface area contributed by atoms with Crippen molar-refractivity contribution in [1.29, 1.82) is 0 Å². The summed E-state index contributed by atoms with van der Waals surface area (Å²) in [4.78, 5) is 14.9. The highest BCUT2D eigenvalue weighted by Gasteiger charge is 2.34. The maximum atomic E-state index is 12.1. The topological polar surface area (TPSA) is 48.4 Å². The van der Waals surface area contributed by atoms with Gasteiger partial charge in [-0.05, 0) is 35.1 Å².